The average molecular weight is 267 g/mol. The van der Waals surface area contributed by atoms with Crippen molar-refractivity contribution < 1.29 is 4.74 Å². The molecular formula is C18H21NO. The quantitative estimate of drug-likeness (QED) is 0.831. The van der Waals surface area contributed by atoms with E-state index in [-0.39, 0.29) is 0 Å². The first-order chi connectivity index (χ1) is 9.85. The molecule has 1 saturated heterocycles. The van der Waals surface area contributed by atoms with E-state index >= 15 is 0 Å². The Morgan fingerprint density at radius 1 is 0.950 bits per heavy atom. The van der Waals surface area contributed by atoms with Crippen LogP contribution in [0.3, 0.4) is 0 Å². The van der Waals surface area contributed by atoms with Crippen molar-refractivity contribution in [3.05, 3.63) is 54.1 Å². The van der Waals surface area contributed by atoms with Crippen molar-refractivity contribution in [2.45, 2.75) is 19.4 Å². The number of hydrogen-bond acceptors (Lipinski definition) is 2. The summed E-state index contributed by atoms with van der Waals surface area (Å²) in [5.41, 5.74) is 3.93. The maximum absolute atomic E-state index is 5.21. The van der Waals surface area contributed by atoms with E-state index in [0.717, 1.165) is 12.3 Å². The van der Waals surface area contributed by atoms with E-state index in [0.29, 0.717) is 0 Å². The van der Waals surface area contributed by atoms with Gasteiger partial charge in [-0.3, -0.25) is 4.90 Å². The Balaban J connectivity index is 1.78. The number of nitrogens with zero attached hydrogens (tertiary/aromatic N) is 1. The van der Waals surface area contributed by atoms with E-state index in [2.05, 4.69) is 41.3 Å². The fraction of sp³-hybridized carbons (Fsp3) is 0.333. The van der Waals surface area contributed by atoms with Gasteiger partial charge in [0.15, 0.2) is 0 Å². The van der Waals surface area contributed by atoms with Gasteiger partial charge in [-0.25, -0.2) is 0 Å². The number of hydrogen-bond donors (Lipinski definition) is 0. The summed E-state index contributed by atoms with van der Waals surface area (Å²) in [6.45, 7) is 3.56. The van der Waals surface area contributed by atoms with Crippen molar-refractivity contribution in [3.8, 4) is 16.9 Å². The molecule has 0 N–H and O–H groups in total. The van der Waals surface area contributed by atoms with Crippen LogP contribution in [-0.4, -0.2) is 25.1 Å². The lowest BCUT2D eigenvalue weighted by atomic mass is 10.0. The smallest absolute Gasteiger partial charge is 0.118 e. The van der Waals surface area contributed by atoms with Crippen LogP contribution in [0.1, 0.15) is 18.4 Å². The highest BCUT2D eigenvalue weighted by atomic mass is 16.5. The average Bonchev–Trinajstić information content (AvgIpc) is 3.01. The van der Waals surface area contributed by atoms with E-state index in [1.54, 1.807) is 7.11 Å². The lowest BCUT2D eigenvalue weighted by Gasteiger charge is -2.15. The zero-order valence-electron chi connectivity index (χ0n) is 12.0. The van der Waals surface area contributed by atoms with Crippen LogP contribution in [0.4, 0.5) is 0 Å². The molecule has 2 aromatic carbocycles. The zero-order valence-corrected chi connectivity index (χ0v) is 12.0. The summed E-state index contributed by atoms with van der Waals surface area (Å²) in [6.07, 6.45) is 2.69. The molecule has 2 aromatic rings. The first-order valence-corrected chi connectivity index (χ1v) is 7.31. The summed E-state index contributed by atoms with van der Waals surface area (Å²) in [5.74, 6) is 0.905. The lowest BCUT2D eigenvalue weighted by molar-refractivity contribution is 0.331. The predicted molar refractivity (Wildman–Crippen MR) is 82.9 cm³/mol. The minimum absolute atomic E-state index is 0.905. The zero-order chi connectivity index (χ0) is 13.8. The lowest BCUT2D eigenvalue weighted by Crippen LogP contribution is -2.18. The van der Waals surface area contributed by atoms with Gasteiger partial charge in [0.2, 0.25) is 0 Å². The number of methoxy groups -OCH3 is 1. The molecule has 0 atom stereocenters. The Labute approximate surface area is 121 Å². The molecule has 1 heterocycles. The third-order valence-electron chi connectivity index (χ3n) is 3.96. The summed E-state index contributed by atoms with van der Waals surface area (Å²) in [5, 5.41) is 0. The Bertz CT molecular complexity index is 556. The van der Waals surface area contributed by atoms with E-state index in [9.17, 15) is 0 Å². The minimum atomic E-state index is 0.905. The largest absolute Gasteiger partial charge is 0.497 e. The Morgan fingerprint density at radius 2 is 1.70 bits per heavy atom. The van der Waals surface area contributed by atoms with Gasteiger partial charge in [0, 0.05) is 6.54 Å². The van der Waals surface area contributed by atoms with E-state index < -0.39 is 0 Å². The number of ether oxygens (including phenoxy) is 1. The van der Waals surface area contributed by atoms with Gasteiger partial charge in [-0.2, -0.15) is 0 Å². The van der Waals surface area contributed by atoms with E-state index in [4.69, 9.17) is 4.74 Å². The van der Waals surface area contributed by atoms with Gasteiger partial charge in [-0.05, 0) is 60.8 Å². The first kappa shape index (κ1) is 13.2. The van der Waals surface area contributed by atoms with Gasteiger partial charge in [0.25, 0.3) is 0 Å². The monoisotopic (exact) mass is 267 g/mol. The Morgan fingerprint density at radius 3 is 2.40 bits per heavy atom. The maximum Gasteiger partial charge on any atom is 0.118 e. The molecule has 0 unspecified atom stereocenters. The van der Waals surface area contributed by atoms with Crippen LogP contribution in [0.25, 0.3) is 11.1 Å². The van der Waals surface area contributed by atoms with Crippen molar-refractivity contribution in [3.63, 3.8) is 0 Å². The Kier molecular flexibility index (Phi) is 4.03. The molecule has 2 heteroatoms. The first-order valence-electron chi connectivity index (χ1n) is 7.31. The molecule has 0 radical (unpaired) electrons. The highest BCUT2D eigenvalue weighted by molar-refractivity contribution is 5.64. The highest BCUT2D eigenvalue weighted by Crippen LogP contribution is 2.24. The summed E-state index contributed by atoms with van der Waals surface area (Å²) in [6, 6.07) is 17.1. The Hall–Kier alpha value is -1.80. The van der Waals surface area contributed by atoms with Crippen LogP contribution in [0.2, 0.25) is 0 Å². The topological polar surface area (TPSA) is 12.5 Å². The molecule has 104 valence electrons. The second kappa shape index (κ2) is 6.10. The molecule has 1 fully saturated rings. The third kappa shape index (κ3) is 3.02. The van der Waals surface area contributed by atoms with Gasteiger partial charge in [-0.15, -0.1) is 0 Å². The van der Waals surface area contributed by atoms with Crippen LogP contribution < -0.4 is 4.74 Å². The molecule has 0 spiro atoms. The van der Waals surface area contributed by atoms with Gasteiger partial charge in [0.1, 0.15) is 5.75 Å². The normalized spacial score (nSPS) is 15.4. The van der Waals surface area contributed by atoms with Crippen LogP contribution in [0, 0.1) is 0 Å². The van der Waals surface area contributed by atoms with Crippen LogP contribution in [0.15, 0.2) is 48.5 Å². The second-order valence-corrected chi connectivity index (χ2v) is 5.41. The van der Waals surface area contributed by atoms with Crippen molar-refractivity contribution in [2.24, 2.45) is 0 Å². The molecule has 2 nitrogen and oxygen atoms in total. The van der Waals surface area contributed by atoms with Crippen molar-refractivity contribution in [1.82, 2.24) is 4.90 Å². The molecule has 3 rings (SSSR count). The number of likely N-dealkylation sites (tertiary alicyclic amines) is 1. The van der Waals surface area contributed by atoms with Crippen LogP contribution in [0.5, 0.6) is 5.75 Å². The van der Waals surface area contributed by atoms with Gasteiger partial charge < -0.3 is 4.74 Å². The van der Waals surface area contributed by atoms with Crippen LogP contribution >= 0.6 is 0 Å². The van der Waals surface area contributed by atoms with E-state index in [1.165, 1.54) is 42.6 Å². The molecule has 1 aliphatic heterocycles. The summed E-state index contributed by atoms with van der Waals surface area (Å²) in [4.78, 5) is 2.53. The SMILES string of the molecule is COc1ccc(-c2cccc(CN3CCCC3)c2)cc1. The molecule has 20 heavy (non-hydrogen) atoms. The summed E-state index contributed by atoms with van der Waals surface area (Å²) in [7, 11) is 1.70. The standard InChI is InChI=1S/C18H21NO/c1-20-18-9-7-16(8-10-18)17-6-4-5-15(13-17)14-19-11-2-3-12-19/h4-10,13H,2-3,11-12,14H2,1H3. The molecule has 1 aliphatic rings. The summed E-state index contributed by atoms with van der Waals surface area (Å²) >= 11 is 0. The third-order valence-corrected chi connectivity index (χ3v) is 3.96. The van der Waals surface area contributed by atoms with E-state index in [1.807, 2.05) is 12.1 Å². The van der Waals surface area contributed by atoms with Crippen molar-refractivity contribution in [2.75, 3.05) is 20.2 Å². The fourth-order valence-corrected chi connectivity index (χ4v) is 2.83. The molecule has 0 aromatic heterocycles. The predicted octanol–water partition coefficient (Wildman–Crippen LogP) is 3.96. The fourth-order valence-electron chi connectivity index (χ4n) is 2.83. The van der Waals surface area contributed by atoms with Gasteiger partial charge in [-0.1, -0.05) is 30.3 Å². The molecule has 0 amide bonds. The molecular weight excluding hydrogens is 246 g/mol. The summed E-state index contributed by atoms with van der Waals surface area (Å²) < 4.78 is 5.21. The van der Waals surface area contributed by atoms with Crippen molar-refractivity contribution in [1.29, 1.82) is 0 Å². The molecule has 0 aliphatic carbocycles. The van der Waals surface area contributed by atoms with Crippen LogP contribution in [-0.2, 0) is 6.54 Å². The van der Waals surface area contributed by atoms with Crippen molar-refractivity contribution >= 4 is 0 Å². The maximum atomic E-state index is 5.21. The molecule has 0 bridgehead atoms. The minimum Gasteiger partial charge on any atom is -0.497 e. The molecule has 0 saturated carbocycles. The number of benzene rings is 2. The van der Waals surface area contributed by atoms with Gasteiger partial charge >= 0.3 is 0 Å². The van der Waals surface area contributed by atoms with Gasteiger partial charge in [0.05, 0.1) is 7.11 Å². The number of rotatable bonds is 4. The highest BCUT2D eigenvalue weighted by Gasteiger charge is 2.11. The second-order valence-electron chi connectivity index (χ2n) is 5.41.